The molecule has 0 spiro atoms. The minimum Gasteiger partial charge on any atom is -0.354 e. The highest BCUT2D eigenvalue weighted by Crippen LogP contribution is 2.16. The van der Waals surface area contributed by atoms with Gasteiger partial charge in [-0.1, -0.05) is 11.6 Å². The molecule has 1 aromatic heterocycles. The van der Waals surface area contributed by atoms with Crippen molar-refractivity contribution in [3.05, 3.63) is 23.4 Å². The lowest BCUT2D eigenvalue weighted by atomic mass is 10.2. The second-order valence-electron chi connectivity index (χ2n) is 4.66. The average Bonchev–Trinajstić information content (AvgIpc) is 2.41. The van der Waals surface area contributed by atoms with Crippen molar-refractivity contribution in [2.24, 2.45) is 5.73 Å². The molecule has 1 saturated heterocycles. The molecule has 1 aromatic rings. The zero-order valence-corrected chi connectivity index (χ0v) is 11.4. The van der Waals surface area contributed by atoms with Crippen molar-refractivity contribution in [3.63, 3.8) is 0 Å². The second-order valence-corrected chi connectivity index (χ2v) is 5.10. The number of aromatic nitrogens is 1. The van der Waals surface area contributed by atoms with Crippen LogP contribution in [0, 0.1) is 0 Å². The normalized spacial score (nSPS) is 17.1. The molecule has 2 rings (SSSR count). The summed E-state index contributed by atoms with van der Waals surface area (Å²) in [6.07, 6.45) is 4.04. The minimum atomic E-state index is 0.694. The van der Waals surface area contributed by atoms with Gasteiger partial charge in [-0.15, -0.1) is 0 Å². The Morgan fingerprint density at radius 1 is 1.17 bits per heavy atom. The van der Waals surface area contributed by atoms with E-state index in [2.05, 4.69) is 14.8 Å². The van der Waals surface area contributed by atoms with Gasteiger partial charge in [0.2, 0.25) is 0 Å². The molecule has 0 amide bonds. The molecular weight excluding hydrogens is 248 g/mol. The quantitative estimate of drug-likeness (QED) is 0.824. The summed E-state index contributed by atoms with van der Waals surface area (Å²) in [4.78, 5) is 9.18. The molecule has 1 fully saturated rings. The fourth-order valence-electron chi connectivity index (χ4n) is 2.24. The van der Waals surface area contributed by atoms with E-state index in [4.69, 9.17) is 17.3 Å². The van der Waals surface area contributed by atoms with Crippen LogP contribution in [0.25, 0.3) is 0 Å². The van der Waals surface area contributed by atoms with Gasteiger partial charge in [0.25, 0.3) is 0 Å². The van der Waals surface area contributed by atoms with Gasteiger partial charge in [0.05, 0.1) is 5.02 Å². The lowest BCUT2D eigenvalue weighted by molar-refractivity contribution is 0.253. The summed E-state index contributed by atoms with van der Waals surface area (Å²) in [5.74, 6) is 1.03. The number of halogens is 1. The third-order valence-corrected chi connectivity index (χ3v) is 3.56. The summed E-state index contributed by atoms with van der Waals surface area (Å²) in [5, 5.41) is 0.694. The van der Waals surface area contributed by atoms with Crippen molar-refractivity contribution in [2.45, 2.75) is 12.8 Å². The first kappa shape index (κ1) is 13.6. The van der Waals surface area contributed by atoms with Gasteiger partial charge in [0, 0.05) is 32.4 Å². The number of anilines is 1. The van der Waals surface area contributed by atoms with E-state index in [1.807, 2.05) is 12.1 Å². The van der Waals surface area contributed by atoms with Crippen molar-refractivity contribution in [1.29, 1.82) is 0 Å². The third kappa shape index (κ3) is 3.83. The fraction of sp³-hybridized carbons (Fsp3) is 0.615. The maximum absolute atomic E-state index is 5.85. The van der Waals surface area contributed by atoms with E-state index in [9.17, 15) is 0 Å². The van der Waals surface area contributed by atoms with E-state index in [-0.39, 0.29) is 0 Å². The second kappa shape index (κ2) is 6.92. The average molecular weight is 269 g/mol. The molecule has 100 valence electrons. The maximum atomic E-state index is 5.85. The highest BCUT2D eigenvalue weighted by molar-refractivity contribution is 6.30. The maximum Gasteiger partial charge on any atom is 0.128 e. The van der Waals surface area contributed by atoms with Crippen molar-refractivity contribution in [1.82, 2.24) is 9.88 Å². The summed E-state index contributed by atoms with van der Waals surface area (Å²) in [6, 6.07) is 3.89. The van der Waals surface area contributed by atoms with Gasteiger partial charge >= 0.3 is 0 Å². The molecule has 1 aliphatic rings. The molecule has 5 heteroatoms. The van der Waals surface area contributed by atoms with E-state index >= 15 is 0 Å². The number of unbranched alkanes of at least 4 members (excludes halogenated alkanes) is 1. The molecule has 0 aromatic carbocycles. The molecular formula is C13H21ClN4. The van der Waals surface area contributed by atoms with E-state index < -0.39 is 0 Å². The van der Waals surface area contributed by atoms with Gasteiger partial charge in [0.1, 0.15) is 5.82 Å². The van der Waals surface area contributed by atoms with Crippen LogP contribution in [0.5, 0.6) is 0 Å². The van der Waals surface area contributed by atoms with E-state index in [1.54, 1.807) is 6.20 Å². The van der Waals surface area contributed by atoms with Gasteiger partial charge in [-0.3, -0.25) is 4.90 Å². The molecule has 0 radical (unpaired) electrons. The number of hydrogen-bond donors (Lipinski definition) is 1. The van der Waals surface area contributed by atoms with E-state index in [1.165, 1.54) is 13.0 Å². The summed E-state index contributed by atoms with van der Waals surface area (Å²) in [5.41, 5.74) is 5.51. The predicted octanol–water partition coefficient (Wildman–Crippen LogP) is 1.60. The van der Waals surface area contributed by atoms with Gasteiger partial charge in [0.15, 0.2) is 0 Å². The molecule has 4 nitrogen and oxygen atoms in total. The fourth-order valence-corrected chi connectivity index (χ4v) is 2.35. The van der Waals surface area contributed by atoms with Crippen LogP contribution in [0.1, 0.15) is 12.8 Å². The summed E-state index contributed by atoms with van der Waals surface area (Å²) < 4.78 is 0. The Kier molecular flexibility index (Phi) is 5.23. The van der Waals surface area contributed by atoms with Crippen LogP contribution in [0.15, 0.2) is 18.3 Å². The van der Waals surface area contributed by atoms with Crippen LogP contribution < -0.4 is 10.6 Å². The van der Waals surface area contributed by atoms with E-state index in [0.717, 1.165) is 45.0 Å². The van der Waals surface area contributed by atoms with Crippen molar-refractivity contribution in [2.75, 3.05) is 44.2 Å². The number of nitrogens with two attached hydrogens (primary N) is 1. The molecule has 0 atom stereocenters. The summed E-state index contributed by atoms with van der Waals surface area (Å²) in [7, 11) is 0. The van der Waals surface area contributed by atoms with Crippen LogP contribution >= 0.6 is 11.6 Å². The number of rotatable bonds is 5. The number of pyridine rings is 1. The summed E-state index contributed by atoms with van der Waals surface area (Å²) in [6.45, 7) is 6.26. The van der Waals surface area contributed by atoms with Crippen molar-refractivity contribution >= 4 is 17.4 Å². The van der Waals surface area contributed by atoms with Crippen LogP contribution in [-0.4, -0.2) is 49.2 Å². The molecule has 2 N–H and O–H groups in total. The van der Waals surface area contributed by atoms with Crippen LogP contribution in [0.4, 0.5) is 5.82 Å². The number of piperazine rings is 1. The standard InChI is InChI=1S/C13H21ClN4/c14-12-3-4-13(16-11-12)18-9-7-17(8-10-18)6-2-1-5-15/h3-4,11H,1-2,5-10,15H2. The SMILES string of the molecule is NCCCCN1CCN(c2ccc(Cl)cn2)CC1. The molecule has 1 aliphatic heterocycles. The Morgan fingerprint density at radius 3 is 2.56 bits per heavy atom. The molecule has 18 heavy (non-hydrogen) atoms. The molecule has 2 heterocycles. The Bertz CT molecular complexity index is 347. The Morgan fingerprint density at radius 2 is 1.94 bits per heavy atom. The minimum absolute atomic E-state index is 0.694. The third-order valence-electron chi connectivity index (χ3n) is 3.34. The molecule has 0 saturated carbocycles. The van der Waals surface area contributed by atoms with Gasteiger partial charge < -0.3 is 10.6 Å². The lowest BCUT2D eigenvalue weighted by Gasteiger charge is -2.35. The highest BCUT2D eigenvalue weighted by Gasteiger charge is 2.17. The zero-order chi connectivity index (χ0) is 12.8. The number of hydrogen-bond acceptors (Lipinski definition) is 4. The largest absolute Gasteiger partial charge is 0.354 e. The molecule has 0 bridgehead atoms. The molecule has 0 unspecified atom stereocenters. The smallest absolute Gasteiger partial charge is 0.128 e. The number of nitrogens with zero attached hydrogens (tertiary/aromatic N) is 3. The lowest BCUT2D eigenvalue weighted by Crippen LogP contribution is -2.46. The predicted molar refractivity (Wildman–Crippen MR) is 76.2 cm³/mol. The van der Waals surface area contributed by atoms with Crippen molar-refractivity contribution < 1.29 is 0 Å². The first-order valence-corrected chi connectivity index (χ1v) is 6.96. The van der Waals surface area contributed by atoms with Crippen LogP contribution in [-0.2, 0) is 0 Å². The van der Waals surface area contributed by atoms with Gasteiger partial charge in [-0.05, 0) is 38.1 Å². The first-order valence-electron chi connectivity index (χ1n) is 6.58. The van der Waals surface area contributed by atoms with Crippen LogP contribution in [0.2, 0.25) is 5.02 Å². The topological polar surface area (TPSA) is 45.4 Å². The van der Waals surface area contributed by atoms with Gasteiger partial charge in [-0.25, -0.2) is 4.98 Å². The van der Waals surface area contributed by atoms with Crippen molar-refractivity contribution in [3.8, 4) is 0 Å². The molecule has 0 aliphatic carbocycles. The Labute approximate surface area is 114 Å². The monoisotopic (exact) mass is 268 g/mol. The van der Waals surface area contributed by atoms with Gasteiger partial charge in [-0.2, -0.15) is 0 Å². The summed E-state index contributed by atoms with van der Waals surface area (Å²) >= 11 is 5.85. The zero-order valence-electron chi connectivity index (χ0n) is 10.7. The Hall–Kier alpha value is -0.840. The van der Waals surface area contributed by atoms with Crippen LogP contribution in [0.3, 0.4) is 0 Å². The van der Waals surface area contributed by atoms with E-state index in [0.29, 0.717) is 5.02 Å². The highest BCUT2D eigenvalue weighted by atomic mass is 35.5. The Balaban J connectivity index is 1.77. The first-order chi connectivity index (χ1) is 8.79.